The van der Waals surface area contributed by atoms with Crippen LogP contribution in [0.4, 0.5) is 0 Å². The molecule has 0 aliphatic carbocycles. The normalized spacial score (nSPS) is 23.6. The lowest BCUT2D eigenvalue weighted by Gasteiger charge is -2.33. The largest absolute Gasteiger partial charge is 0.394 e. The van der Waals surface area contributed by atoms with Gasteiger partial charge in [0.1, 0.15) is 5.60 Å². The molecule has 1 aromatic carbocycles. The van der Waals surface area contributed by atoms with Crippen molar-refractivity contribution in [2.24, 2.45) is 0 Å². The molecule has 20 heavy (non-hydrogen) atoms. The van der Waals surface area contributed by atoms with Crippen LogP contribution in [0.5, 0.6) is 0 Å². The van der Waals surface area contributed by atoms with Crippen LogP contribution in [0.2, 0.25) is 10.0 Å². The van der Waals surface area contributed by atoms with Crippen LogP contribution in [0.3, 0.4) is 0 Å². The number of benzene rings is 1. The van der Waals surface area contributed by atoms with E-state index in [1.807, 2.05) is 12.1 Å². The summed E-state index contributed by atoms with van der Waals surface area (Å²) >= 11 is 12.1. The lowest BCUT2D eigenvalue weighted by atomic mass is 9.91. The van der Waals surface area contributed by atoms with Gasteiger partial charge in [0.25, 0.3) is 0 Å². The monoisotopic (exact) mass is 319 g/mol. The molecule has 0 aromatic heterocycles. The van der Waals surface area contributed by atoms with Crippen molar-refractivity contribution in [2.75, 3.05) is 39.5 Å². The first-order chi connectivity index (χ1) is 9.68. The van der Waals surface area contributed by atoms with E-state index in [4.69, 9.17) is 37.8 Å². The molecule has 1 heterocycles. The second-order valence-electron chi connectivity index (χ2n) is 4.75. The number of hydrogen-bond donors (Lipinski definition) is 2. The lowest BCUT2D eigenvalue weighted by molar-refractivity contribution is -0.102. The van der Waals surface area contributed by atoms with Crippen LogP contribution < -0.4 is 5.32 Å². The molecule has 1 aromatic rings. The maximum atomic E-state index is 8.87. The van der Waals surface area contributed by atoms with E-state index in [1.54, 1.807) is 6.07 Å². The SMILES string of the molecule is OCCOCC1(c2ccc(Cl)c(Cl)c2)CCNCCO1. The molecule has 4 nitrogen and oxygen atoms in total. The average molecular weight is 320 g/mol. The molecule has 1 aliphatic rings. The summed E-state index contributed by atoms with van der Waals surface area (Å²) < 4.78 is 11.6. The fourth-order valence-electron chi connectivity index (χ4n) is 2.31. The van der Waals surface area contributed by atoms with E-state index in [9.17, 15) is 0 Å². The van der Waals surface area contributed by atoms with Crippen LogP contribution in [0.15, 0.2) is 18.2 Å². The third kappa shape index (κ3) is 3.85. The quantitative estimate of drug-likeness (QED) is 0.817. The van der Waals surface area contributed by atoms with Gasteiger partial charge in [-0.2, -0.15) is 0 Å². The molecule has 2 rings (SSSR count). The minimum absolute atomic E-state index is 0.00426. The number of halogens is 2. The molecule has 1 saturated heterocycles. The average Bonchev–Trinajstić information content (AvgIpc) is 2.69. The van der Waals surface area contributed by atoms with Crippen LogP contribution >= 0.6 is 23.2 Å². The Morgan fingerprint density at radius 3 is 2.90 bits per heavy atom. The fourth-order valence-corrected chi connectivity index (χ4v) is 2.61. The molecule has 0 amide bonds. The molecular weight excluding hydrogens is 301 g/mol. The lowest BCUT2D eigenvalue weighted by Crippen LogP contribution is -2.36. The summed E-state index contributed by atoms with van der Waals surface area (Å²) in [5.41, 5.74) is 0.404. The molecule has 0 saturated carbocycles. The third-order valence-corrected chi connectivity index (χ3v) is 4.12. The predicted octanol–water partition coefficient (Wildman–Crippen LogP) is 2.21. The summed E-state index contributed by atoms with van der Waals surface area (Å²) in [6.07, 6.45) is 0.774. The Morgan fingerprint density at radius 2 is 2.15 bits per heavy atom. The Labute approximate surface area is 129 Å². The van der Waals surface area contributed by atoms with Gasteiger partial charge in [0.05, 0.1) is 36.5 Å². The Balaban J connectivity index is 2.25. The van der Waals surface area contributed by atoms with Crippen LogP contribution in [0, 0.1) is 0 Å². The highest BCUT2D eigenvalue weighted by molar-refractivity contribution is 6.42. The standard InChI is InChI=1S/C14H19Cl2NO3/c15-12-2-1-11(9-13(12)16)14(10-19-8-6-18)3-4-17-5-7-20-14/h1-2,9,17-18H,3-8,10H2. The predicted molar refractivity (Wildman–Crippen MR) is 79.5 cm³/mol. The fraction of sp³-hybridized carbons (Fsp3) is 0.571. The zero-order chi connectivity index (χ0) is 14.4. The van der Waals surface area contributed by atoms with Gasteiger partial charge in [-0.05, 0) is 30.7 Å². The molecule has 6 heteroatoms. The van der Waals surface area contributed by atoms with E-state index in [0.717, 1.165) is 25.1 Å². The second-order valence-corrected chi connectivity index (χ2v) is 5.56. The molecule has 1 atom stereocenters. The maximum absolute atomic E-state index is 8.87. The molecule has 0 radical (unpaired) electrons. The number of aliphatic hydroxyl groups excluding tert-OH is 1. The summed E-state index contributed by atoms with van der Waals surface area (Å²) in [6, 6.07) is 5.52. The zero-order valence-corrected chi connectivity index (χ0v) is 12.7. The summed E-state index contributed by atoms with van der Waals surface area (Å²) in [5.74, 6) is 0. The van der Waals surface area contributed by atoms with E-state index in [-0.39, 0.29) is 6.61 Å². The second kappa shape index (κ2) is 7.59. The molecule has 0 bridgehead atoms. The highest BCUT2D eigenvalue weighted by Crippen LogP contribution is 2.34. The molecular formula is C14H19Cl2NO3. The summed E-state index contributed by atoms with van der Waals surface area (Å²) in [7, 11) is 0. The van der Waals surface area contributed by atoms with E-state index in [0.29, 0.717) is 29.9 Å². The highest BCUT2D eigenvalue weighted by atomic mass is 35.5. The number of aliphatic hydroxyl groups is 1. The summed E-state index contributed by atoms with van der Waals surface area (Å²) in [5, 5.41) is 13.2. The van der Waals surface area contributed by atoms with Crippen molar-refractivity contribution in [2.45, 2.75) is 12.0 Å². The smallest absolute Gasteiger partial charge is 0.118 e. The van der Waals surface area contributed by atoms with Gasteiger partial charge in [-0.15, -0.1) is 0 Å². The van der Waals surface area contributed by atoms with Crippen LogP contribution in [-0.4, -0.2) is 44.6 Å². The van der Waals surface area contributed by atoms with Crippen LogP contribution in [0.1, 0.15) is 12.0 Å². The zero-order valence-electron chi connectivity index (χ0n) is 11.2. The van der Waals surface area contributed by atoms with E-state index in [1.165, 1.54) is 0 Å². The Bertz CT molecular complexity index is 434. The van der Waals surface area contributed by atoms with E-state index < -0.39 is 5.60 Å². The van der Waals surface area contributed by atoms with Crippen molar-refractivity contribution >= 4 is 23.2 Å². The number of rotatable bonds is 5. The molecule has 1 fully saturated rings. The van der Waals surface area contributed by atoms with Gasteiger partial charge in [-0.3, -0.25) is 0 Å². The Hall–Kier alpha value is -0.360. The van der Waals surface area contributed by atoms with Gasteiger partial charge >= 0.3 is 0 Å². The Kier molecular flexibility index (Phi) is 6.08. The summed E-state index contributed by atoms with van der Waals surface area (Å²) in [6.45, 7) is 2.91. The van der Waals surface area contributed by atoms with Crippen LogP contribution in [0.25, 0.3) is 0 Å². The van der Waals surface area contributed by atoms with Crippen molar-refractivity contribution in [3.05, 3.63) is 33.8 Å². The molecule has 2 N–H and O–H groups in total. The Morgan fingerprint density at radius 1 is 1.30 bits per heavy atom. The molecule has 1 aliphatic heterocycles. The van der Waals surface area contributed by atoms with Gasteiger partial charge in [0.15, 0.2) is 0 Å². The van der Waals surface area contributed by atoms with E-state index in [2.05, 4.69) is 5.32 Å². The number of ether oxygens (including phenoxy) is 2. The minimum atomic E-state index is -0.549. The van der Waals surface area contributed by atoms with Crippen molar-refractivity contribution < 1.29 is 14.6 Å². The van der Waals surface area contributed by atoms with Crippen molar-refractivity contribution in [3.63, 3.8) is 0 Å². The first kappa shape index (κ1) is 16.0. The first-order valence-corrected chi connectivity index (χ1v) is 7.42. The van der Waals surface area contributed by atoms with Gasteiger partial charge < -0.3 is 19.9 Å². The van der Waals surface area contributed by atoms with Gasteiger partial charge in [-0.25, -0.2) is 0 Å². The molecule has 112 valence electrons. The van der Waals surface area contributed by atoms with Gasteiger partial charge in [0.2, 0.25) is 0 Å². The third-order valence-electron chi connectivity index (χ3n) is 3.38. The molecule has 0 spiro atoms. The topological polar surface area (TPSA) is 50.7 Å². The number of nitrogens with one attached hydrogen (secondary N) is 1. The maximum Gasteiger partial charge on any atom is 0.118 e. The van der Waals surface area contributed by atoms with Crippen molar-refractivity contribution in [1.29, 1.82) is 0 Å². The number of hydrogen-bond acceptors (Lipinski definition) is 4. The first-order valence-electron chi connectivity index (χ1n) is 6.67. The van der Waals surface area contributed by atoms with Crippen molar-refractivity contribution in [3.8, 4) is 0 Å². The van der Waals surface area contributed by atoms with Gasteiger partial charge in [-0.1, -0.05) is 29.3 Å². The van der Waals surface area contributed by atoms with Gasteiger partial charge in [0, 0.05) is 6.54 Å². The van der Waals surface area contributed by atoms with Crippen molar-refractivity contribution in [1.82, 2.24) is 5.32 Å². The molecule has 1 unspecified atom stereocenters. The highest BCUT2D eigenvalue weighted by Gasteiger charge is 2.35. The minimum Gasteiger partial charge on any atom is -0.394 e. The summed E-state index contributed by atoms with van der Waals surface area (Å²) in [4.78, 5) is 0. The van der Waals surface area contributed by atoms with E-state index >= 15 is 0 Å². The van der Waals surface area contributed by atoms with Crippen LogP contribution in [-0.2, 0) is 15.1 Å².